The summed E-state index contributed by atoms with van der Waals surface area (Å²) in [5, 5.41) is 3.38. The van der Waals surface area contributed by atoms with Crippen LogP contribution in [0.5, 0.6) is 0 Å². The molecule has 27 heavy (non-hydrogen) atoms. The minimum atomic E-state index is -3.76. The number of carbonyl (C=O) groups excluding carboxylic acids is 1. The van der Waals surface area contributed by atoms with Crippen molar-refractivity contribution in [1.82, 2.24) is 0 Å². The Morgan fingerprint density at radius 1 is 1.07 bits per heavy atom. The van der Waals surface area contributed by atoms with Crippen molar-refractivity contribution in [3.63, 3.8) is 0 Å². The van der Waals surface area contributed by atoms with Crippen LogP contribution < -0.4 is 9.62 Å². The van der Waals surface area contributed by atoms with E-state index in [1.165, 1.54) is 18.2 Å². The number of nitrogens with zero attached hydrogens (tertiary/aromatic N) is 1. The summed E-state index contributed by atoms with van der Waals surface area (Å²) >= 11 is 12.1. The van der Waals surface area contributed by atoms with E-state index in [1.54, 1.807) is 13.0 Å². The lowest BCUT2D eigenvalue weighted by Gasteiger charge is -2.30. The maximum absolute atomic E-state index is 12.9. The van der Waals surface area contributed by atoms with Gasteiger partial charge in [0.25, 0.3) is 0 Å². The van der Waals surface area contributed by atoms with Crippen molar-refractivity contribution in [3.8, 4) is 0 Å². The van der Waals surface area contributed by atoms with E-state index < -0.39 is 22.0 Å². The second kappa shape index (κ2) is 8.50. The van der Waals surface area contributed by atoms with E-state index in [0.29, 0.717) is 5.69 Å². The molecule has 0 saturated heterocycles. The highest BCUT2D eigenvalue weighted by Gasteiger charge is 2.32. The lowest BCUT2D eigenvalue weighted by Crippen LogP contribution is -2.47. The minimum Gasteiger partial charge on any atom is -0.324 e. The largest absolute Gasteiger partial charge is 0.324 e. The molecule has 2 aromatic rings. The first-order chi connectivity index (χ1) is 12.5. The topological polar surface area (TPSA) is 66.5 Å². The molecule has 0 spiro atoms. The molecule has 5 nitrogen and oxygen atoms in total. The Hall–Kier alpha value is -1.76. The van der Waals surface area contributed by atoms with Gasteiger partial charge >= 0.3 is 0 Å². The van der Waals surface area contributed by atoms with Crippen LogP contribution in [0, 0.1) is 13.8 Å². The summed E-state index contributed by atoms with van der Waals surface area (Å²) in [6.07, 6.45) is 1.32. The number of amides is 1. The number of halogens is 2. The maximum Gasteiger partial charge on any atom is 0.248 e. The van der Waals surface area contributed by atoms with Crippen LogP contribution in [0.15, 0.2) is 36.4 Å². The van der Waals surface area contributed by atoms with E-state index in [2.05, 4.69) is 5.32 Å². The molecule has 0 bridgehead atoms. The summed E-state index contributed by atoms with van der Waals surface area (Å²) in [4.78, 5) is 12.9. The number of hydrogen-bond donors (Lipinski definition) is 1. The van der Waals surface area contributed by atoms with Gasteiger partial charge < -0.3 is 5.32 Å². The second-order valence-corrected chi connectivity index (χ2v) is 9.13. The number of benzene rings is 2. The first-order valence-electron chi connectivity index (χ1n) is 8.36. The monoisotopic (exact) mass is 428 g/mol. The Morgan fingerprint density at radius 3 is 2.15 bits per heavy atom. The van der Waals surface area contributed by atoms with Crippen molar-refractivity contribution in [2.75, 3.05) is 15.9 Å². The molecule has 0 aliphatic carbocycles. The van der Waals surface area contributed by atoms with Crippen LogP contribution in [0.4, 0.5) is 11.4 Å². The van der Waals surface area contributed by atoms with Crippen molar-refractivity contribution in [3.05, 3.63) is 57.6 Å². The fourth-order valence-corrected chi connectivity index (χ4v) is 4.48. The Bertz CT molecular complexity index is 941. The molecule has 0 aliphatic heterocycles. The summed E-state index contributed by atoms with van der Waals surface area (Å²) in [7, 11) is -3.76. The number of sulfonamides is 1. The molecular weight excluding hydrogens is 407 g/mol. The van der Waals surface area contributed by atoms with Gasteiger partial charge in [0.2, 0.25) is 15.9 Å². The van der Waals surface area contributed by atoms with Crippen molar-refractivity contribution in [2.45, 2.75) is 33.2 Å². The number of hydrogen-bond acceptors (Lipinski definition) is 3. The van der Waals surface area contributed by atoms with E-state index in [4.69, 9.17) is 23.2 Å². The molecule has 2 aromatic carbocycles. The lowest BCUT2D eigenvalue weighted by molar-refractivity contribution is -0.117. The molecule has 1 unspecified atom stereocenters. The third kappa shape index (κ3) is 5.37. The van der Waals surface area contributed by atoms with Crippen molar-refractivity contribution in [2.24, 2.45) is 0 Å². The van der Waals surface area contributed by atoms with Gasteiger partial charge in [-0.3, -0.25) is 9.10 Å². The van der Waals surface area contributed by atoms with Crippen LogP contribution in [0.2, 0.25) is 10.0 Å². The van der Waals surface area contributed by atoms with Gasteiger partial charge in [-0.1, -0.05) is 36.2 Å². The van der Waals surface area contributed by atoms with Crippen LogP contribution in [-0.4, -0.2) is 26.6 Å². The number of carbonyl (C=O) groups is 1. The van der Waals surface area contributed by atoms with Gasteiger partial charge in [0.05, 0.1) is 11.9 Å². The molecule has 2 rings (SSSR count). The van der Waals surface area contributed by atoms with Gasteiger partial charge in [0.15, 0.2) is 0 Å². The van der Waals surface area contributed by atoms with E-state index >= 15 is 0 Å². The quantitative estimate of drug-likeness (QED) is 0.718. The zero-order chi connectivity index (χ0) is 20.4. The van der Waals surface area contributed by atoms with Gasteiger partial charge in [0, 0.05) is 15.7 Å². The Balaban J connectivity index is 2.42. The molecule has 1 amide bonds. The summed E-state index contributed by atoms with van der Waals surface area (Å²) in [5.41, 5.74) is 2.99. The maximum atomic E-state index is 12.9. The first-order valence-corrected chi connectivity index (χ1v) is 11.0. The third-order valence-corrected chi connectivity index (χ3v) is 5.82. The van der Waals surface area contributed by atoms with Gasteiger partial charge in [-0.2, -0.15) is 0 Å². The second-order valence-electron chi connectivity index (χ2n) is 6.40. The van der Waals surface area contributed by atoms with Gasteiger partial charge in [-0.15, -0.1) is 0 Å². The number of rotatable bonds is 6. The summed E-state index contributed by atoms with van der Waals surface area (Å²) in [5.74, 6) is -0.428. The van der Waals surface area contributed by atoms with Gasteiger partial charge in [0.1, 0.15) is 6.04 Å². The molecule has 0 fully saturated rings. The van der Waals surface area contributed by atoms with E-state index in [0.717, 1.165) is 21.7 Å². The fraction of sp³-hybridized carbons (Fsp3) is 0.316. The number of nitrogens with one attached hydrogen (secondary N) is 1. The molecule has 0 aromatic heterocycles. The SMILES string of the molecule is CCC(C(=O)Nc1ccc(C)c(C)c1)N(c1cc(Cl)cc(Cl)c1)S(C)(=O)=O. The van der Waals surface area contributed by atoms with Gasteiger partial charge in [-0.05, 0) is 61.7 Å². The summed E-state index contributed by atoms with van der Waals surface area (Å²) in [6.45, 7) is 5.66. The Labute approximate surface area is 170 Å². The van der Waals surface area contributed by atoms with Crippen LogP contribution in [-0.2, 0) is 14.8 Å². The molecule has 1 N–H and O–H groups in total. The standard InChI is InChI=1S/C19H22Cl2N2O3S/c1-5-18(19(24)22-16-7-6-12(2)13(3)8-16)23(27(4,25)26)17-10-14(20)9-15(21)11-17/h6-11,18H,5H2,1-4H3,(H,22,24). The third-order valence-electron chi connectivity index (χ3n) is 4.21. The number of aryl methyl sites for hydroxylation is 2. The predicted octanol–water partition coefficient (Wildman–Crippen LogP) is 4.79. The van der Waals surface area contributed by atoms with Gasteiger partial charge in [-0.25, -0.2) is 8.42 Å². The zero-order valence-corrected chi connectivity index (χ0v) is 17.9. The van der Waals surface area contributed by atoms with Crippen molar-refractivity contribution in [1.29, 1.82) is 0 Å². The van der Waals surface area contributed by atoms with Crippen LogP contribution in [0.25, 0.3) is 0 Å². The molecule has 0 heterocycles. The molecule has 146 valence electrons. The zero-order valence-electron chi connectivity index (χ0n) is 15.6. The molecule has 0 saturated carbocycles. The lowest BCUT2D eigenvalue weighted by atomic mass is 10.1. The fourth-order valence-electron chi connectivity index (χ4n) is 2.77. The number of anilines is 2. The van der Waals surface area contributed by atoms with E-state index in [-0.39, 0.29) is 22.2 Å². The molecular formula is C19H22Cl2N2O3S. The average molecular weight is 429 g/mol. The highest BCUT2D eigenvalue weighted by molar-refractivity contribution is 7.92. The molecule has 0 radical (unpaired) electrons. The van der Waals surface area contributed by atoms with E-state index in [9.17, 15) is 13.2 Å². The van der Waals surface area contributed by atoms with Crippen LogP contribution >= 0.6 is 23.2 Å². The summed E-state index contributed by atoms with van der Waals surface area (Å²) in [6, 6.07) is 9.03. The first kappa shape index (κ1) is 21.5. The average Bonchev–Trinajstić information content (AvgIpc) is 2.53. The Morgan fingerprint density at radius 2 is 1.67 bits per heavy atom. The molecule has 0 aliphatic rings. The molecule has 1 atom stereocenters. The normalized spacial score (nSPS) is 12.5. The van der Waals surface area contributed by atoms with Crippen molar-refractivity contribution >= 4 is 50.5 Å². The summed E-state index contributed by atoms with van der Waals surface area (Å²) < 4.78 is 26.0. The highest BCUT2D eigenvalue weighted by atomic mass is 35.5. The highest BCUT2D eigenvalue weighted by Crippen LogP contribution is 2.30. The predicted molar refractivity (Wildman–Crippen MR) is 112 cm³/mol. The minimum absolute atomic E-state index is 0.247. The van der Waals surface area contributed by atoms with Crippen molar-refractivity contribution < 1.29 is 13.2 Å². The van der Waals surface area contributed by atoms with Crippen LogP contribution in [0.3, 0.4) is 0 Å². The Kier molecular flexibility index (Phi) is 6.78. The van der Waals surface area contributed by atoms with Crippen LogP contribution in [0.1, 0.15) is 24.5 Å². The molecule has 8 heteroatoms. The van der Waals surface area contributed by atoms with E-state index in [1.807, 2.05) is 26.0 Å². The smallest absolute Gasteiger partial charge is 0.248 e.